The van der Waals surface area contributed by atoms with Crippen molar-refractivity contribution >= 4 is 48.3 Å². The normalized spacial score (nSPS) is 11.5. The topological polar surface area (TPSA) is 110 Å². The first kappa shape index (κ1) is 21.9. The van der Waals surface area contributed by atoms with Crippen LogP contribution in [0.3, 0.4) is 0 Å². The highest BCUT2D eigenvalue weighted by atomic mass is 79.9. The van der Waals surface area contributed by atoms with Crippen LogP contribution in [0.1, 0.15) is 35.1 Å². The second-order valence-electron chi connectivity index (χ2n) is 5.59. The molecule has 8 nitrogen and oxygen atoms in total. The summed E-state index contributed by atoms with van der Waals surface area (Å²) in [7, 11) is -2.26. The molecule has 11 heteroatoms. The van der Waals surface area contributed by atoms with E-state index in [9.17, 15) is 13.2 Å². The van der Waals surface area contributed by atoms with Gasteiger partial charge in [0.1, 0.15) is 5.01 Å². The van der Waals surface area contributed by atoms with Crippen LogP contribution in [0.2, 0.25) is 0 Å². The van der Waals surface area contributed by atoms with Gasteiger partial charge in [-0.05, 0) is 40.5 Å². The monoisotopic (exact) mass is 476 g/mol. The Morgan fingerprint density at radius 3 is 2.81 bits per heavy atom. The van der Waals surface area contributed by atoms with Gasteiger partial charge in [-0.1, -0.05) is 24.7 Å². The molecule has 0 aliphatic rings. The van der Waals surface area contributed by atoms with E-state index in [1.165, 1.54) is 36.6 Å². The molecule has 1 aromatic carbocycles. The number of halogens is 1. The molecule has 0 unspecified atom stereocenters. The predicted molar refractivity (Wildman–Crippen MR) is 108 cm³/mol. The Kier molecular flexibility index (Phi) is 8.29. The highest BCUT2D eigenvalue weighted by Gasteiger charge is 2.19. The fourth-order valence-electron chi connectivity index (χ4n) is 2.10. The van der Waals surface area contributed by atoms with Gasteiger partial charge in [0, 0.05) is 24.5 Å². The molecular formula is C16H21BrN4O4S2. The van der Waals surface area contributed by atoms with Gasteiger partial charge in [0.2, 0.25) is 15.2 Å². The van der Waals surface area contributed by atoms with Crippen LogP contribution in [0.25, 0.3) is 0 Å². The van der Waals surface area contributed by atoms with Gasteiger partial charge < -0.3 is 4.74 Å². The summed E-state index contributed by atoms with van der Waals surface area (Å²) in [6.45, 7) is 2.48. The number of hydrogen-bond acceptors (Lipinski definition) is 7. The van der Waals surface area contributed by atoms with Crippen LogP contribution in [0.5, 0.6) is 0 Å². The first-order chi connectivity index (χ1) is 12.9. The highest BCUT2D eigenvalue weighted by molar-refractivity contribution is 9.10. The van der Waals surface area contributed by atoms with Crippen LogP contribution in [0.15, 0.2) is 27.6 Å². The summed E-state index contributed by atoms with van der Waals surface area (Å²) in [5.41, 5.74) is 0.190. The summed E-state index contributed by atoms with van der Waals surface area (Å²) in [4.78, 5) is 12.6. The Bertz CT molecular complexity index is 886. The van der Waals surface area contributed by atoms with E-state index in [1.807, 2.05) is 0 Å². The molecule has 0 atom stereocenters. The van der Waals surface area contributed by atoms with E-state index in [1.54, 1.807) is 0 Å². The van der Waals surface area contributed by atoms with E-state index >= 15 is 0 Å². The highest BCUT2D eigenvalue weighted by Crippen LogP contribution is 2.23. The quantitative estimate of drug-likeness (QED) is 0.510. The molecule has 0 radical (unpaired) electrons. The van der Waals surface area contributed by atoms with E-state index in [4.69, 9.17) is 4.74 Å². The summed E-state index contributed by atoms with van der Waals surface area (Å²) in [6.07, 6.45) is 2.87. The molecule has 0 saturated carbocycles. The number of carbonyl (C=O) groups is 1. The lowest BCUT2D eigenvalue weighted by Crippen LogP contribution is -2.27. The second-order valence-corrected chi connectivity index (χ2v) is 9.27. The zero-order valence-corrected chi connectivity index (χ0v) is 18.2. The van der Waals surface area contributed by atoms with Crippen molar-refractivity contribution in [2.75, 3.05) is 25.6 Å². The number of nitrogens with zero attached hydrogens (tertiary/aromatic N) is 2. The van der Waals surface area contributed by atoms with E-state index < -0.39 is 15.9 Å². The average Bonchev–Trinajstić information content (AvgIpc) is 3.07. The Morgan fingerprint density at radius 2 is 2.11 bits per heavy atom. The Hall–Kier alpha value is -1.40. The summed E-state index contributed by atoms with van der Waals surface area (Å²) < 4.78 is 32.4. The lowest BCUT2D eigenvalue weighted by molar-refractivity contribution is 0.102. The standard InChI is InChI=1S/C16H21BrN4O4S2/c1-3-4-5-14-20-21-16(26-14)19-15(22)12-10-11(6-7-13(12)17)27(23,24)18-8-9-25-2/h6-7,10,18H,3-5,8-9H2,1-2H3,(H,19,21,22). The number of hydrogen-bond donors (Lipinski definition) is 2. The minimum Gasteiger partial charge on any atom is -0.383 e. The van der Waals surface area contributed by atoms with Crippen LogP contribution in [0.4, 0.5) is 5.13 Å². The van der Waals surface area contributed by atoms with Gasteiger partial charge in [-0.3, -0.25) is 10.1 Å². The number of ether oxygens (including phenoxy) is 1. The van der Waals surface area contributed by atoms with Crippen LogP contribution < -0.4 is 10.0 Å². The van der Waals surface area contributed by atoms with Gasteiger partial charge in [-0.25, -0.2) is 13.1 Å². The van der Waals surface area contributed by atoms with Crippen molar-refractivity contribution in [2.24, 2.45) is 0 Å². The van der Waals surface area contributed by atoms with Crippen molar-refractivity contribution in [2.45, 2.75) is 31.1 Å². The number of carbonyl (C=O) groups excluding carboxylic acids is 1. The fraction of sp³-hybridized carbons (Fsp3) is 0.438. The molecule has 0 aliphatic heterocycles. The van der Waals surface area contributed by atoms with Gasteiger partial charge in [0.25, 0.3) is 5.91 Å². The third-order valence-electron chi connectivity index (χ3n) is 3.52. The smallest absolute Gasteiger partial charge is 0.258 e. The molecule has 0 saturated heterocycles. The number of sulfonamides is 1. The van der Waals surface area contributed by atoms with E-state index in [0.717, 1.165) is 24.3 Å². The maximum atomic E-state index is 12.6. The number of rotatable bonds is 10. The third-order valence-corrected chi connectivity index (χ3v) is 6.57. The van der Waals surface area contributed by atoms with Crippen LogP contribution in [0, 0.1) is 0 Å². The third kappa shape index (κ3) is 6.32. The van der Waals surface area contributed by atoms with Gasteiger partial charge in [0.15, 0.2) is 0 Å². The van der Waals surface area contributed by atoms with Crippen molar-refractivity contribution in [1.82, 2.24) is 14.9 Å². The molecule has 0 aliphatic carbocycles. The maximum absolute atomic E-state index is 12.6. The molecule has 0 bridgehead atoms. The maximum Gasteiger partial charge on any atom is 0.258 e. The van der Waals surface area contributed by atoms with E-state index in [-0.39, 0.29) is 23.6 Å². The van der Waals surface area contributed by atoms with E-state index in [0.29, 0.717) is 9.60 Å². The number of nitrogens with one attached hydrogen (secondary N) is 2. The lowest BCUT2D eigenvalue weighted by Gasteiger charge is -2.09. The first-order valence-electron chi connectivity index (χ1n) is 8.29. The van der Waals surface area contributed by atoms with Gasteiger partial charge >= 0.3 is 0 Å². The lowest BCUT2D eigenvalue weighted by atomic mass is 10.2. The molecule has 148 valence electrons. The molecule has 2 N–H and O–H groups in total. The average molecular weight is 477 g/mol. The molecule has 1 heterocycles. The summed E-state index contributed by atoms with van der Waals surface area (Å²) in [6, 6.07) is 4.25. The van der Waals surface area contributed by atoms with Gasteiger partial charge in [-0.15, -0.1) is 10.2 Å². The fourth-order valence-corrected chi connectivity index (χ4v) is 4.35. The minimum atomic E-state index is -3.74. The number of aromatic nitrogens is 2. The number of benzene rings is 1. The molecule has 0 spiro atoms. The Labute approximate surface area is 170 Å². The molecule has 1 amide bonds. The van der Waals surface area contributed by atoms with Crippen molar-refractivity contribution < 1.29 is 17.9 Å². The van der Waals surface area contributed by atoms with Crippen molar-refractivity contribution in [3.63, 3.8) is 0 Å². The van der Waals surface area contributed by atoms with E-state index in [2.05, 4.69) is 43.1 Å². The molecule has 0 fully saturated rings. The zero-order valence-electron chi connectivity index (χ0n) is 15.0. The largest absolute Gasteiger partial charge is 0.383 e. The molecule has 2 aromatic rings. The minimum absolute atomic E-state index is 0.00662. The number of unbranched alkanes of at least 4 members (excludes halogenated alkanes) is 1. The SMILES string of the molecule is CCCCc1nnc(NC(=O)c2cc(S(=O)(=O)NCCOC)ccc2Br)s1. The number of aryl methyl sites for hydroxylation is 1. The van der Waals surface area contributed by atoms with Crippen molar-refractivity contribution in [3.05, 3.63) is 33.2 Å². The predicted octanol–water partition coefficient (Wildman–Crippen LogP) is 2.82. The Morgan fingerprint density at radius 1 is 1.33 bits per heavy atom. The van der Waals surface area contributed by atoms with Crippen LogP contribution in [-0.2, 0) is 21.2 Å². The summed E-state index contributed by atoms with van der Waals surface area (Å²) in [5.74, 6) is -0.464. The van der Waals surface area contributed by atoms with Crippen LogP contribution >= 0.6 is 27.3 Å². The summed E-state index contributed by atoms with van der Waals surface area (Å²) in [5, 5.41) is 11.9. The van der Waals surface area contributed by atoms with Crippen molar-refractivity contribution in [3.8, 4) is 0 Å². The van der Waals surface area contributed by atoms with Crippen molar-refractivity contribution in [1.29, 1.82) is 0 Å². The Balaban J connectivity index is 2.15. The molecule has 2 rings (SSSR count). The van der Waals surface area contributed by atoms with Gasteiger partial charge in [0.05, 0.1) is 17.1 Å². The number of anilines is 1. The molecular weight excluding hydrogens is 456 g/mol. The molecule has 1 aromatic heterocycles. The second kappa shape index (κ2) is 10.2. The zero-order chi connectivity index (χ0) is 19.9. The van der Waals surface area contributed by atoms with Gasteiger partial charge in [-0.2, -0.15) is 0 Å². The molecule has 27 heavy (non-hydrogen) atoms. The van der Waals surface area contributed by atoms with Crippen LogP contribution in [-0.4, -0.2) is 44.8 Å². The first-order valence-corrected chi connectivity index (χ1v) is 11.4. The number of amides is 1. The number of methoxy groups -OCH3 is 1. The summed E-state index contributed by atoms with van der Waals surface area (Å²) >= 11 is 4.60.